The van der Waals surface area contributed by atoms with Crippen molar-refractivity contribution >= 4 is 23.2 Å². The number of nitrogens with one attached hydrogen (secondary N) is 1. The van der Waals surface area contributed by atoms with Crippen molar-refractivity contribution in [1.82, 2.24) is 20.1 Å². The summed E-state index contributed by atoms with van der Waals surface area (Å²) >= 11 is 1.21. The second-order valence-electron chi connectivity index (χ2n) is 3.94. The summed E-state index contributed by atoms with van der Waals surface area (Å²) in [6, 6.07) is -1.12. The van der Waals surface area contributed by atoms with Crippen molar-refractivity contribution in [2.75, 3.05) is 0 Å². The van der Waals surface area contributed by atoms with E-state index in [0.717, 1.165) is 5.01 Å². The highest BCUT2D eigenvalue weighted by Crippen LogP contribution is 2.16. The molecule has 8 heteroatoms. The molecule has 0 fully saturated rings. The second kappa shape index (κ2) is 5.19. The van der Waals surface area contributed by atoms with Gasteiger partial charge in [-0.1, -0.05) is 0 Å². The van der Waals surface area contributed by atoms with Gasteiger partial charge in [-0.15, -0.1) is 11.3 Å². The minimum atomic E-state index is -1.14. The lowest BCUT2D eigenvalue weighted by molar-refractivity contribution is -0.139. The fourth-order valence-electron chi connectivity index (χ4n) is 1.55. The number of aryl methyl sites for hydroxylation is 2. The predicted molar refractivity (Wildman–Crippen MR) is 67.9 cm³/mol. The largest absolute Gasteiger partial charge is 0.479 e. The first-order chi connectivity index (χ1) is 8.97. The van der Waals surface area contributed by atoms with Gasteiger partial charge in [0, 0.05) is 18.8 Å². The quantitative estimate of drug-likeness (QED) is 0.861. The first-order valence-corrected chi connectivity index (χ1v) is 6.23. The topological polar surface area (TPSA) is 97.1 Å². The highest BCUT2D eigenvalue weighted by atomic mass is 32.1. The Morgan fingerprint density at radius 2 is 2.21 bits per heavy atom. The number of aliphatic carboxylic acids is 1. The fraction of sp³-hybridized carbons (Fsp3) is 0.273. The Hall–Kier alpha value is -2.22. The number of aromatic nitrogens is 3. The van der Waals surface area contributed by atoms with E-state index in [-0.39, 0.29) is 0 Å². The van der Waals surface area contributed by atoms with Gasteiger partial charge < -0.3 is 10.4 Å². The third-order valence-corrected chi connectivity index (χ3v) is 3.34. The molecule has 0 saturated heterocycles. The zero-order valence-electron chi connectivity index (χ0n) is 10.3. The molecule has 100 valence electrons. The lowest BCUT2D eigenvalue weighted by atomic mass is 10.1. The summed E-state index contributed by atoms with van der Waals surface area (Å²) in [7, 11) is 1.68. The maximum Gasteiger partial charge on any atom is 0.331 e. The van der Waals surface area contributed by atoms with E-state index in [1.807, 2.05) is 0 Å². The Balaban J connectivity index is 2.18. The predicted octanol–water partition coefficient (Wildman–Crippen LogP) is 0.741. The molecule has 1 atom stereocenters. The van der Waals surface area contributed by atoms with Crippen LogP contribution in [0, 0.1) is 6.92 Å². The Bertz CT molecular complexity index is 619. The van der Waals surface area contributed by atoms with Crippen molar-refractivity contribution in [2.24, 2.45) is 7.05 Å². The molecule has 2 N–H and O–H groups in total. The van der Waals surface area contributed by atoms with Gasteiger partial charge in [0.15, 0.2) is 6.04 Å². The van der Waals surface area contributed by atoms with Gasteiger partial charge in [-0.25, -0.2) is 9.78 Å². The van der Waals surface area contributed by atoms with Crippen molar-refractivity contribution in [3.63, 3.8) is 0 Å². The molecule has 0 aliphatic carbocycles. The standard InChI is InChI=1S/C11H12N4O3S/c1-6-12-4-8(19-6)10(16)14-9(11(17)18)7-3-13-15(2)5-7/h3-5,9H,1-2H3,(H,14,16)(H,17,18). The maximum absolute atomic E-state index is 11.9. The van der Waals surface area contributed by atoms with Crippen LogP contribution in [0.2, 0.25) is 0 Å². The minimum absolute atomic E-state index is 0.382. The number of thiazole rings is 1. The number of carboxylic acids is 1. The van der Waals surface area contributed by atoms with Crippen LogP contribution in [0.1, 0.15) is 26.3 Å². The molecule has 0 aliphatic rings. The van der Waals surface area contributed by atoms with Crippen molar-refractivity contribution in [3.05, 3.63) is 34.0 Å². The number of rotatable bonds is 4. The van der Waals surface area contributed by atoms with Crippen LogP contribution in [0.4, 0.5) is 0 Å². The van der Waals surface area contributed by atoms with Crippen molar-refractivity contribution < 1.29 is 14.7 Å². The zero-order valence-corrected chi connectivity index (χ0v) is 11.1. The number of hydrogen-bond donors (Lipinski definition) is 2. The van der Waals surface area contributed by atoms with Gasteiger partial charge in [0.25, 0.3) is 5.91 Å². The van der Waals surface area contributed by atoms with Crippen LogP contribution in [-0.2, 0) is 11.8 Å². The third-order valence-electron chi connectivity index (χ3n) is 2.43. The SMILES string of the molecule is Cc1ncc(C(=O)NC(C(=O)O)c2cnn(C)c2)s1. The highest BCUT2D eigenvalue weighted by Gasteiger charge is 2.24. The number of carbonyl (C=O) groups is 2. The van der Waals surface area contributed by atoms with Gasteiger partial charge >= 0.3 is 5.97 Å². The smallest absolute Gasteiger partial charge is 0.331 e. The molecule has 1 unspecified atom stereocenters. The van der Waals surface area contributed by atoms with Crippen LogP contribution < -0.4 is 5.32 Å². The van der Waals surface area contributed by atoms with E-state index in [9.17, 15) is 14.7 Å². The van der Waals surface area contributed by atoms with E-state index in [0.29, 0.717) is 10.4 Å². The zero-order chi connectivity index (χ0) is 14.0. The molecule has 2 aromatic rings. The summed E-state index contributed by atoms with van der Waals surface area (Å²) < 4.78 is 1.48. The summed E-state index contributed by atoms with van der Waals surface area (Å²) in [6.45, 7) is 1.78. The maximum atomic E-state index is 11.9. The first-order valence-electron chi connectivity index (χ1n) is 5.42. The first kappa shape index (κ1) is 13.2. The van der Waals surface area contributed by atoms with E-state index >= 15 is 0 Å². The summed E-state index contributed by atoms with van der Waals surface area (Å²) in [6.07, 6.45) is 4.39. The minimum Gasteiger partial charge on any atom is -0.479 e. The van der Waals surface area contributed by atoms with Crippen LogP contribution in [0.25, 0.3) is 0 Å². The Labute approximate surface area is 112 Å². The normalized spacial score (nSPS) is 12.1. The summed E-state index contributed by atoms with van der Waals surface area (Å²) in [4.78, 5) is 27.5. The van der Waals surface area contributed by atoms with Gasteiger partial charge in [-0.2, -0.15) is 5.10 Å². The second-order valence-corrected chi connectivity index (χ2v) is 5.17. The lowest BCUT2D eigenvalue weighted by Crippen LogP contribution is -2.33. The van der Waals surface area contributed by atoms with Crippen molar-refractivity contribution in [1.29, 1.82) is 0 Å². The summed E-state index contributed by atoms with van der Waals surface area (Å²) in [5, 5.41) is 16.3. The molecule has 1 amide bonds. The molecule has 2 aromatic heterocycles. The Kier molecular flexibility index (Phi) is 3.61. The van der Waals surface area contributed by atoms with Gasteiger partial charge in [0.1, 0.15) is 4.88 Å². The highest BCUT2D eigenvalue weighted by molar-refractivity contribution is 7.13. The molecule has 0 aromatic carbocycles. The van der Waals surface area contributed by atoms with Crippen LogP contribution >= 0.6 is 11.3 Å². The van der Waals surface area contributed by atoms with Crippen molar-refractivity contribution in [3.8, 4) is 0 Å². The van der Waals surface area contributed by atoms with E-state index in [2.05, 4.69) is 15.4 Å². The molecule has 19 heavy (non-hydrogen) atoms. The van der Waals surface area contributed by atoms with Gasteiger partial charge in [0.05, 0.1) is 17.4 Å². The fourth-order valence-corrected chi connectivity index (χ4v) is 2.23. The lowest BCUT2D eigenvalue weighted by Gasteiger charge is -2.11. The molecular weight excluding hydrogens is 268 g/mol. The molecule has 2 heterocycles. The molecule has 2 rings (SSSR count). The van der Waals surface area contributed by atoms with Crippen LogP contribution in [0.3, 0.4) is 0 Å². The van der Waals surface area contributed by atoms with E-state index < -0.39 is 17.9 Å². The van der Waals surface area contributed by atoms with Gasteiger partial charge in [-0.05, 0) is 6.92 Å². The van der Waals surface area contributed by atoms with Crippen LogP contribution in [0.5, 0.6) is 0 Å². The molecule has 0 aliphatic heterocycles. The van der Waals surface area contributed by atoms with E-state index in [1.165, 1.54) is 28.4 Å². The molecule has 7 nitrogen and oxygen atoms in total. The van der Waals surface area contributed by atoms with Crippen LogP contribution in [-0.4, -0.2) is 31.7 Å². The van der Waals surface area contributed by atoms with Crippen molar-refractivity contribution in [2.45, 2.75) is 13.0 Å². The average molecular weight is 280 g/mol. The monoisotopic (exact) mass is 280 g/mol. The summed E-state index contributed by atoms with van der Waals surface area (Å²) in [5.74, 6) is -1.59. The molecule has 0 saturated carbocycles. The molecule has 0 radical (unpaired) electrons. The van der Waals surface area contributed by atoms with Gasteiger partial charge in [-0.3, -0.25) is 9.48 Å². The Morgan fingerprint density at radius 1 is 1.47 bits per heavy atom. The molecule has 0 bridgehead atoms. The van der Waals surface area contributed by atoms with Crippen LogP contribution in [0.15, 0.2) is 18.6 Å². The summed E-state index contributed by atoms with van der Waals surface area (Å²) in [5.41, 5.74) is 0.421. The Morgan fingerprint density at radius 3 is 2.68 bits per heavy atom. The number of hydrogen-bond acceptors (Lipinski definition) is 5. The average Bonchev–Trinajstić information content (AvgIpc) is 2.94. The number of nitrogens with zero attached hydrogens (tertiary/aromatic N) is 3. The van der Waals surface area contributed by atoms with E-state index in [4.69, 9.17) is 0 Å². The number of carboxylic acid groups (broad SMARTS) is 1. The number of amides is 1. The van der Waals surface area contributed by atoms with Gasteiger partial charge in [0.2, 0.25) is 0 Å². The molecule has 0 spiro atoms. The molecular formula is C11H12N4O3S. The number of carbonyl (C=O) groups excluding carboxylic acids is 1. The van der Waals surface area contributed by atoms with E-state index in [1.54, 1.807) is 20.2 Å². The third kappa shape index (κ3) is 2.97.